The van der Waals surface area contributed by atoms with Gasteiger partial charge in [-0.05, 0) is 23.6 Å². The monoisotopic (exact) mass is 297 g/mol. The molecule has 0 bridgehead atoms. The van der Waals surface area contributed by atoms with Crippen molar-refractivity contribution in [3.05, 3.63) is 70.0 Å². The normalized spacial score (nSPS) is 13.1. The third kappa shape index (κ3) is 3.45. The number of nitrogens with zero attached hydrogens (tertiary/aromatic N) is 3. The van der Waals surface area contributed by atoms with Gasteiger partial charge in [0.05, 0.1) is 16.9 Å². The van der Waals surface area contributed by atoms with Crippen molar-refractivity contribution in [2.75, 3.05) is 6.61 Å². The van der Waals surface area contributed by atoms with Crippen molar-refractivity contribution in [2.24, 2.45) is 0 Å². The molecule has 2 atom stereocenters. The SMILES string of the molecule is N#C[C@@H](c1cccnc1)[C@H](CCO)c1cccc([N+](=O)[O-])c1. The molecule has 0 fully saturated rings. The highest BCUT2D eigenvalue weighted by Crippen LogP contribution is 2.36. The van der Waals surface area contributed by atoms with Gasteiger partial charge >= 0.3 is 0 Å². The van der Waals surface area contributed by atoms with Crippen LogP contribution in [-0.4, -0.2) is 21.6 Å². The molecule has 1 aromatic heterocycles. The Labute approximate surface area is 127 Å². The number of rotatable bonds is 6. The van der Waals surface area contributed by atoms with Crippen molar-refractivity contribution in [1.82, 2.24) is 4.98 Å². The molecular weight excluding hydrogens is 282 g/mol. The first-order valence-corrected chi connectivity index (χ1v) is 6.82. The summed E-state index contributed by atoms with van der Waals surface area (Å²) in [7, 11) is 0. The Balaban J connectivity index is 2.43. The Morgan fingerprint density at radius 1 is 1.32 bits per heavy atom. The van der Waals surface area contributed by atoms with Gasteiger partial charge < -0.3 is 5.11 Å². The summed E-state index contributed by atoms with van der Waals surface area (Å²) in [5.41, 5.74) is 1.37. The van der Waals surface area contributed by atoms with Gasteiger partial charge in [0.1, 0.15) is 0 Å². The van der Waals surface area contributed by atoms with E-state index in [1.807, 2.05) is 0 Å². The van der Waals surface area contributed by atoms with Crippen LogP contribution in [0.2, 0.25) is 0 Å². The van der Waals surface area contributed by atoms with Gasteiger partial charge in [0, 0.05) is 37.1 Å². The molecular formula is C16H15N3O3. The minimum Gasteiger partial charge on any atom is -0.396 e. The van der Waals surface area contributed by atoms with E-state index in [1.165, 1.54) is 12.1 Å². The molecule has 2 rings (SSSR count). The van der Waals surface area contributed by atoms with Crippen LogP contribution in [0.25, 0.3) is 0 Å². The Hall–Kier alpha value is -2.78. The molecule has 6 heteroatoms. The molecule has 2 aromatic rings. The zero-order valence-corrected chi connectivity index (χ0v) is 11.8. The molecule has 1 heterocycles. The van der Waals surface area contributed by atoms with Crippen molar-refractivity contribution in [3.63, 3.8) is 0 Å². The largest absolute Gasteiger partial charge is 0.396 e. The number of benzene rings is 1. The number of aliphatic hydroxyl groups excluding tert-OH is 1. The van der Waals surface area contributed by atoms with Crippen LogP contribution in [0.15, 0.2) is 48.8 Å². The summed E-state index contributed by atoms with van der Waals surface area (Å²) in [6.45, 7) is -0.105. The number of nitriles is 1. The first-order valence-electron chi connectivity index (χ1n) is 6.82. The summed E-state index contributed by atoms with van der Waals surface area (Å²) in [5.74, 6) is -0.859. The van der Waals surface area contributed by atoms with Gasteiger partial charge in [0.2, 0.25) is 0 Å². The second-order valence-electron chi connectivity index (χ2n) is 4.86. The summed E-state index contributed by atoms with van der Waals surface area (Å²) in [4.78, 5) is 14.5. The minimum atomic E-state index is -0.525. The van der Waals surface area contributed by atoms with Gasteiger partial charge in [-0.25, -0.2) is 0 Å². The zero-order chi connectivity index (χ0) is 15.9. The number of nitro groups is 1. The van der Waals surface area contributed by atoms with Crippen LogP contribution < -0.4 is 0 Å². The maximum absolute atomic E-state index is 10.9. The fraction of sp³-hybridized carbons (Fsp3) is 0.250. The summed E-state index contributed by atoms with van der Waals surface area (Å²) in [5, 5.41) is 29.8. The van der Waals surface area contributed by atoms with Crippen LogP contribution in [-0.2, 0) is 0 Å². The maximum Gasteiger partial charge on any atom is 0.269 e. The van der Waals surface area contributed by atoms with Crippen LogP contribution >= 0.6 is 0 Å². The Bertz CT molecular complexity index is 683. The van der Waals surface area contributed by atoms with Gasteiger partial charge in [0.15, 0.2) is 0 Å². The Morgan fingerprint density at radius 2 is 2.09 bits per heavy atom. The van der Waals surface area contributed by atoms with Crippen LogP contribution in [0.4, 0.5) is 5.69 Å². The van der Waals surface area contributed by atoms with Gasteiger partial charge in [0.25, 0.3) is 5.69 Å². The highest BCUT2D eigenvalue weighted by atomic mass is 16.6. The molecule has 0 saturated heterocycles. The smallest absolute Gasteiger partial charge is 0.269 e. The lowest BCUT2D eigenvalue weighted by Gasteiger charge is -2.21. The number of non-ortho nitro benzene ring substituents is 1. The molecule has 0 amide bonds. The van der Waals surface area contributed by atoms with E-state index in [0.717, 1.165) is 5.56 Å². The predicted octanol–water partition coefficient (Wildman–Crippen LogP) is 2.76. The Kier molecular flexibility index (Phi) is 5.17. The standard InChI is InChI=1S/C16H15N3O3/c17-10-16(13-4-2-7-18-11-13)15(6-8-20)12-3-1-5-14(9-12)19(21)22/h1-5,7,9,11,15-16,20H,6,8H2/t15-,16+/m1/s1. The van der Waals surface area contributed by atoms with Gasteiger partial charge in [-0.15, -0.1) is 0 Å². The molecule has 0 unspecified atom stereocenters. The summed E-state index contributed by atoms with van der Waals surface area (Å²) < 4.78 is 0. The topological polar surface area (TPSA) is 100 Å². The van der Waals surface area contributed by atoms with Gasteiger partial charge in [-0.2, -0.15) is 5.26 Å². The first-order chi connectivity index (χ1) is 10.7. The third-order valence-electron chi connectivity index (χ3n) is 3.53. The Morgan fingerprint density at radius 3 is 2.68 bits per heavy atom. The second-order valence-corrected chi connectivity index (χ2v) is 4.86. The molecule has 1 aromatic carbocycles. The van der Waals surface area contributed by atoms with E-state index in [1.54, 1.807) is 36.7 Å². The van der Waals surface area contributed by atoms with E-state index in [9.17, 15) is 20.5 Å². The second kappa shape index (κ2) is 7.29. The zero-order valence-electron chi connectivity index (χ0n) is 11.8. The van der Waals surface area contributed by atoms with Crippen molar-refractivity contribution in [3.8, 4) is 6.07 Å². The van der Waals surface area contributed by atoms with Crippen LogP contribution in [0.5, 0.6) is 0 Å². The lowest BCUT2D eigenvalue weighted by Crippen LogP contribution is -2.12. The van der Waals surface area contributed by atoms with E-state index < -0.39 is 10.8 Å². The summed E-state index contributed by atoms with van der Waals surface area (Å²) in [6, 6.07) is 12.0. The average Bonchev–Trinajstić information content (AvgIpc) is 2.56. The van der Waals surface area contributed by atoms with E-state index >= 15 is 0 Å². The lowest BCUT2D eigenvalue weighted by atomic mass is 9.81. The van der Waals surface area contributed by atoms with Crippen LogP contribution in [0.3, 0.4) is 0 Å². The van der Waals surface area contributed by atoms with Crippen molar-refractivity contribution in [1.29, 1.82) is 5.26 Å². The van der Waals surface area contributed by atoms with E-state index in [4.69, 9.17) is 0 Å². The van der Waals surface area contributed by atoms with E-state index in [0.29, 0.717) is 12.0 Å². The number of pyridine rings is 1. The van der Waals surface area contributed by atoms with Gasteiger partial charge in [-0.3, -0.25) is 15.1 Å². The average molecular weight is 297 g/mol. The van der Waals surface area contributed by atoms with E-state index in [2.05, 4.69) is 11.1 Å². The molecule has 0 saturated carbocycles. The molecule has 1 N–H and O–H groups in total. The van der Waals surface area contributed by atoms with Crippen molar-refractivity contribution < 1.29 is 10.0 Å². The highest BCUT2D eigenvalue weighted by molar-refractivity contribution is 5.39. The lowest BCUT2D eigenvalue weighted by molar-refractivity contribution is -0.384. The molecule has 0 spiro atoms. The first kappa shape index (κ1) is 15.6. The molecule has 112 valence electrons. The number of nitro benzene ring substituents is 1. The number of hydrogen-bond donors (Lipinski definition) is 1. The maximum atomic E-state index is 10.9. The van der Waals surface area contributed by atoms with Crippen molar-refractivity contribution >= 4 is 5.69 Å². The molecule has 0 aliphatic rings. The third-order valence-corrected chi connectivity index (χ3v) is 3.53. The molecule has 0 radical (unpaired) electrons. The van der Waals surface area contributed by atoms with Crippen LogP contribution in [0.1, 0.15) is 29.4 Å². The molecule has 0 aliphatic heterocycles. The highest BCUT2D eigenvalue weighted by Gasteiger charge is 2.25. The fourth-order valence-electron chi connectivity index (χ4n) is 2.49. The fourth-order valence-corrected chi connectivity index (χ4v) is 2.49. The molecule has 22 heavy (non-hydrogen) atoms. The molecule has 0 aliphatic carbocycles. The van der Waals surface area contributed by atoms with E-state index in [-0.39, 0.29) is 18.2 Å². The van der Waals surface area contributed by atoms with Gasteiger partial charge in [-0.1, -0.05) is 18.2 Å². The van der Waals surface area contributed by atoms with Crippen LogP contribution in [0, 0.1) is 21.4 Å². The quantitative estimate of drug-likeness (QED) is 0.652. The summed E-state index contributed by atoms with van der Waals surface area (Å²) >= 11 is 0. The predicted molar refractivity (Wildman–Crippen MR) is 80.1 cm³/mol. The minimum absolute atomic E-state index is 0.0247. The number of aromatic nitrogens is 1. The summed E-state index contributed by atoms with van der Waals surface area (Å²) in [6.07, 6.45) is 3.57. The number of hydrogen-bond acceptors (Lipinski definition) is 5. The number of aliphatic hydroxyl groups is 1. The van der Waals surface area contributed by atoms with Crippen molar-refractivity contribution in [2.45, 2.75) is 18.3 Å². The molecule has 6 nitrogen and oxygen atoms in total.